The number of nitrogens with zero attached hydrogens (tertiary/aromatic N) is 1. The normalized spacial score (nSPS) is 16.2. The maximum absolute atomic E-state index is 12.5. The predicted molar refractivity (Wildman–Crippen MR) is 92.4 cm³/mol. The summed E-state index contributed by atoms with van der Waals surface area (Å²) in [5.74, 6) is 0.775. The summed E-state index contributed by atoms with van der Waals surface area (Å²) in [5, 5.41) is 3.10. The zero-order valence-corrected chi connectivity index (χ0v) is 14.3. The fourth-order valence-electron chi connectivity index (χ4n) is 3.18. The zero-order chi connectivity index (χ0) is 17.3. The molecule has 1 aliphatic rings. The van der Waals surface area contributed by atoms with Gasteiger partial charge >= 0.3 is 0 Å². The number of aryl methyl sites for hydroxylation is 3. The van der Waals surface area contributed by atoms with E-state index in [-0.39, 0.29) is 23.9 Å². The van der Waals surface area contributed by atoms with Crippen molar-refractivity contribution < 1.29 is 9.53 Å². The van der Waals surface area contributed by atoms with Gasteiger partial charge in [0, 0.05) is 35.5 Å². The first-order valence-corrected chi connectivity index (χ1v) is 8.15. The van der Waals surface area contributed by atoms with Gasteiger partial charge in [0.05, 0.1) is 12.6 Å². The lowest BCUT2D eigenvalue weighted by molar-refractivity contribution is -0.122. The monoisotopic (exact) mass is 326 g/mol. The van der Waals surface area contributed by atoms with Gasteiger partial charge in [-0.3, -0.25) is 9.59 Å². The van der Waals surface area contributed by atoms with Crippen LogP contribution < -0.4 is 15.5 Å². The standard InChI is InChI=1S/C19H22N2O3/c1-12-4-5-18-16(8-12)17(6-7-24-18)20-19(23)11-21-13(2)9-15(22)10-14(21)3/h4-5,8-10,17H,6-7,11H2,1-3H3,(H,20,23). The molecular weight excluding hydrogens is 304 g/mol. The van der Waals surface area contributed by atoms with Gasteiger partial charge in [-0.15, -0.1) is 0 Å². The summed E-state index contributed by atoms with van der Waals surface area (Å²) < 4.78 is 7.52. The quantitative estimate of drug-likeness (QED) is 0.942. The maximum Gasteiger partial charge on any atom is 0.240 e. The Labute approximate surface area is 141 Å². The van der Waals surface area contributed by atoms with Crippen molar-refractivity contribution in [1.29, 1.82) is 0 Å². The second-order valence-corrected chi connectivity index (χ2v) is 6.36. The molecule has 0 fully saturated rings. The highest BCUT2D eigenvalue weighted by Crippen LogP contribution is 2.32. The van der Waals surface area contributed by atoms with Crippen molar-refractivity contribution in [2.75, 3.05) is 6.61 Å². The highest BCUT2D eigenvalue weighted by molar-refractivity contribution is 5.76. The van der Waals surface area contributed by atoms with Gasteiger partial charge < -0.3 is 14.6 Å². The molecular formula is C19H22N2O3. The van der Waals surface area contributed by atoms with Crippen LogP contribution in [0.1, 0.15) is 35.0 Å². The lowest BCUT2D eigenvalue weighted by atomic mass is 9.98. The van der Waals surface area contributed by atoms with Crippen LogP contribution in [0.5, 0.6) is 5.75 Å². The molecule has 1 atom stereocenters. The number of ether oxygens (including phenoxy) is 1. The molecule has 3 rings (SSSR count). The molecule has 1 aromatic heterocycles. The van der Waals surface area contributed by atoms with E-state index in [1.807, 2.05) is 37.5 Å². The zero-order valence-electron chi connectivity index (χ0n) is 14.3. The largest absolute Gasteiger partial charge is 0.493 e. The molecule has 1 aromatic carbocycles. The van der Waals surface area contributed by atoms with E-state index in [0.717, 1.165) is 34.7 Å². The van der Waals surface area contributed by atoms with Crippen molar-refractivity contribution in [2.24, 2.45) is 0 Å². The highest BCUT2D eigenvalue weighted by Gasteiger charge is 2.23. The third-order valence-corrected chi connectivity index (χ3v) is 4.40. The Morgan fingerprint density at radius 1 is 1.21 bits per heavy atom. The first-order chi connectivity index (χ1) is 11.4. The number of carbonyl (C=O) groups is 1. The van der Waals surface area contributed by atoms with Gasteiger partial charge in [-0.05, 0) is 26.8 Å². The lowest BCUT2D eigenvalue weighted by Gasteiger charge is -2.27. The number of aromatic nitrogens is 1. The van der Waals surface area contributed by atoms with Crippen molar-refractivity contribution in [3.63, 3.8) is 0 Å². The topological polar surface area (TPSA) is 60.3 Å². The van der Waals surface area contributed by atoms with E-state index in [9.17, 15) is 9.59 Å². The Bertz CT molecular complexity index is 813. The first kappa shape index (κ1) is 16.3. The van der Waals surface area contributed by atoms with E-state index in [1.165, 1.54) is 0 Å². The summed E-state index contributed by atoms with van der Waals surface area (Å²) in [6, 6.07) is 9.09. The summed E-state index contributed by atoms with van der Waals surface area (Å²) in [6.07, 6.45) is 0.754. The molecule has 2 aromatic rings. The van der Waals surface area contributed by atoms with Gasteiger partial charge in [0.2, 0.25) is 5.91 Å². The average molecular weight is 326 g/mol. The van der Waals surface area contributed by atoms with Crippen LogP contribution in [0.4, 0.5) is 0 Å². The molecule has 2 heterocycles. The smallest absolute Gasteiger partial charge is 0.240 e. The van der Waals surface area contributed by atoms with Crippen molar-refractivity contribution in [1.82, 2.24) is 9.88 Å². The number of hydrogen-bond donors (Lipinski definition) is 1. The second kappa shape index (κ2) is 6.51. The Hall–Kier alpha value is -2.56. The number of nitrogens with one attached hydrogen (secondary N) is 1. The Balaban J connectivity index is 1.77. The number of rotatable bonds is 3. The summed E-state index contributed by atoms with van der Waals surface area (Å²) in [7, 11) is 0. The predicted octanol–water partition coefficient (Wildman–Crippen LogP) is 2.41. The Morgan fingerprint density at radius 3 is 2.62 bits per heavy atom. The molecule has 0 bridgehead atoms. The van der Waals surface area contributed by atoms with Crippen LogP contribution in [0.2, 0.25) is 0 Å². The molecule has 1 amide bonds. The van der Waals surface area contributed by atoms with Crippen molar-refractivity contribution in [3.8, 4) is 5.75 Å². The van der Waals surface area contributed by atoms with Crippen LogP contribution in [0, 0.1) is 20.8 Å². The van der Waals surface area contributed by atoms with Crippen LogP contribution in [0.3, 0.4) is 0 Å². The van der Waals surface area contributed by atoms with E-state index in [0.29, 0.717) is 6.61 Å². The minimum absolute atomic E-state index is 0.0320. The lowest BCUT2D eigenvalue weighted by Crippen LogP contribution is -2.35. The molecule has 5 nitrogen and oxygen atoms in total. The van der Waals surface area contributed by atoms with Gasteiger partial charge in [-0.25, -0.2) is 0 Å². The van der Waals surface area contributed by atoms with Gasteiger partial charge in [-0.1, -0.05) is 17.7 Å². The maximum atomic E-state index is 12.5. The van der Waals surface area contributed by atoms with Crippen LogP contribution >= 0.6 is 0 Å². The molecule has 0 spiro atoms. The SMILES string of the molecule is Cc1ccc2c(c1)C(NC(=O)Cn1c(C)cc(=O)cc1C)CCO2. The first-order valence-electron chi connectivity index (χ1n) is 8.15. The van der Waals surface area contributed by atoms with Gasteiger partial charge in [0.15, 0.2) is 5.43 Å². The molecule has 0 aliphatic carbocycles. The van der Waals surface area contributed by atoms with Gasteiger partial charge in [0.25, 0.3) is 0 Å². The minimum atomic E-state index is -0.0656. The van der Waals surface area contributed by atoms with Crippen LogP contribution in [0.25, 0.3) is 0 Å². The third-order valence-electron chi connectivity index (χ3n) is 4.40. The number of pyridine rings is 1. The number of benzene rings is 1. The molecule has 126 valence electrons. The molecule has 24 heavy (non-hydrogen) atoms. The average Bonchev–Trinajstić information content (AvgIpc) is 2.51. The summed E-state index contributed by atoms with van der Waals surface area (Å²) in [4.78, 5) is 24.0. The summed E-state index contributed by atoms with van der Waals surface area (Å²) in [6.45, 7) is 6.51. The van der Waals surface area contributed by atoms with E-state index in [2.05, 4.69) is 11.4 Å². The molecule has 0 saturated heterocycles. The second-order valence-electron chi connectivity index (χ2n) is 6.36. The Morgan fingerprint density at radius 2 is 1.92 bits per heavy atom. The van der Waals surface area contributed by atoms with Crippen molar-refractivity contribution in [2.45, 2.75) is 39.8 Å². The van der Waals surface area contributed by atoms with Gasteiger partial charge in [-0.2, -0.15) is 0 Å². The molecule has 0 saturated carbocycles. The molecule has 1 aliphatic heterocycles. The molecule has 1 unspecified atom stereocenters. The van der Waals surface area contributed by atoms with E-state index < -0.39 is 0 Å². The van der Waals surface area contributed by atoms with Gasteiger partial charge in [0.1, 0.15) is 12.3 Å². The number of amides is 1. The molecule has 1 N–H and O–H groups in total. The van der Waals surface area contributed by atoms with E-state index >= 15 is 0 Å². The molecule has 0 radical (unpaired) electrons. The number of carbonyl (C=O) groups excluding carboxylic acids is 1. The minimum Gasteiger partial charge on any atom is -0.493 e. The fourth-order valence-corrected chi connectivity index (χ4v) is 3.18. The van der Waals surface area contributed by atoms with E-state index in [4.69, 9.17) is 4.74 Å². The third kappa shape index (κ3) is 3.35. The van der Waals surface area contributed by atoms with Crippen molar-refractivity contribution in [3.05, 3.63) is 63.1 Å². The fraction of sp³-hybridized carbons (Fsp3) is 0.368. The van der Waals surface area contributed by atoms with E-state index in [1.54, 1.807) is 12.1 Å². The van der Waals surface area contributed by atoms with Crippen LogP contribution in [-0.2, 0) is 11.3 Å². The number of hydrogen-bond acceptors (Lipinski definition) is 3. The summed E-state index contributed by atoms with van der Waals surface area (Å²) in [5.41, 5.74) is 3.72. The summed E-state index contributed by atoms with van der Waals surface area (Å²) >= 11 is 0. The number of fused-ring (bicyclic) bond motifs is 1. The molecule has 5 heteroatoms. The Kier molecular flexibility index (Phi) is 4.42. The van der Waals surface area contributed by atoms with Crippen LogP contribution in [-0.4, -0.2) is 17.1 Å². The highest BCUT2D eigenvalue weighted by atomic mass is 16.5. The van der Waals surface area contributed by atoms with Crippen LogP contribution in [0.15, 0.2) is 35.1 Å². The van der Waals surface area contributed by atoms with Crippen molar-refractivity contribution >= 4 is 5.91 Å².